The van der Waals surface area contributed by atoms with Gasteiger partial charge < -0.3 is 9.80 Å². The highest BCUT2D eigenvalue weighted by Gasteiger charge is 2.25. The number of hydrogen-bond acceptors (Lipinski definition) is 4. The van der Waals surface area contributed by atoms with E-state index in [2.05, 4.69) is 4.90 Å². The van der Waals surface area contributed by atoms with Crippen LogP contribution in [0.2, 0.25) is 0 Å². The van der Waals surface area contributed by atoms with Gasteiger partial charge >= 0.3 is 0 Å². The van der Waals surface area contributed by atoms with Crippen molar-refractivity contribution in [2.24, 2.45) is 0 Å². The SMILES string of the molecule is O=C(c1cc2nc(-c3ccccc3)cc(-c3ccccc3)n2n1)N1CCN(c2ccc(F)cc2)CC1. The number of halogens is 1. The van der Waals surface area contributed by atoms with E-state index in [1.54, 1.807) is 22.7 Å². The number of carbonyl (C=O) groups is 1. The molecule has 1 aliphatic heterocycles. The van der Waals surface area contributed by atoms with Crippen molar-refractivity contribution < 1.29 is 9.18 Å². The maximum atomic E-state index is 13.4. The van der Waals surface area contributed by atoms with Crippen LogP contribution in [0.25, 0.3) is 28.2 Å². The van der Waals surface area contributed by atoms with Crippen LogP contribution in [-0.4, -0.2) is 51.6 Å². The molecule has 0 unspecified atom stereocenters. The Morgan fingerprint density at radius 3 is 2.06 bits per heavy atom. The van der Waals surface area contributed by atoms with Crippen molar-refractivity contribution in [3.8, 4) is 22.5 Å². The van der Waals surface area contributed by atoms with E-state index >= 15 is 0 Å². The molecule has 7 heteroatoms. The third-order valence-electron chi connectivity index (χ3n) is 6.54. The average molecular weight is 478 g/mol. The number of amides is 1. The summed E-state index contributed by atoms with van der Waals surface area (Å²) in [6, 6.07) is 30.3. The molecule has 0 aliphatic carbocycles. The van der Waals surface area contributed by atoms with E-state index in [0.29, 0.717) is 37.5 Å². The van der Waals surface area contributed by atoms with Gasteiger partial charge in [0.05, 0.1) is 11.4 Å². The number of benzene rings is 3. The Labute approximate surface area is 208 Å². The summed E-state index contributed by atoms with van der Waals surface area (Å²) < 4.78 is 15.0. The Kier molecular flexibility index (Phi) is 5.65. The smallest absolute Gasteiger partial charge is 0.274 e. The quantitative estimate of drug-likeness (QED) is 0.359. The van der Waals surface area contributed by atoms with Gasteiger partial charge in [0.15, 0.2) is 11.3 Å². The minimum atomic E-state index is -0.252. The maximum Gasteiger partial charge on any atom is 0.274 e. The third-order valence-corrected chi connectivity index (χ3v) is 6.54. The van der Waals surface area contributed by atoms with Gasteiger partial charge in [-0.15, -0.1) is 0 Å². The van der Waals surface area contributed by atoms with Gasteiger partial charge in [-0.1, -0.05) is 60.7 Å². The van der Waals surface area contributed by atoms with Crippen LogP contribution in [0.15, 0.2) is 97.1 Å². The first-order chi connectivity index (χ1) is 17.7. The zero-order valence-corrected chi connectivity index (χ0v) is 19.6. The van der Waals surface area contributed by atoms with Gasteiger partial charge in [0.2, 0.25) is 0 Å². The molecule has 36 heavy (non-hydrogen) atoms. The Morgan fingerprint density at radius 2 is 1.39 bits per heavy atom. The molecule has 0 saturated carbocycles. The molecular formula is C29H24FN5O. The molecule has 0 atom stereocenters. The molecule has 1 fully saturated rings. The summed E-state index contributed by atoms with van der Waals surface area (Å²) in [5, 5.41) is 4.69. The zero-order chi connectivity index (χ0) is 24.5. The lowest BCUT2D eigenvalue weighted by Gasteiger charge is -2.35. The number of hydrogen-bond donors (Lipinski definition) is 0. The van der Waals surface area contributed by atoms with Crippen molar-refractivity contribution in [3.63, 3.8) is 0 Å². The van der Waals surface area contributed by atoms with Crippen molar-refractivity contribution in [1.82, 2.24) is 19.5 Å². The summed E-state index contributed by atoms with van der Waals surface area (Å²) in [5.74, 6) is -0.363. The highest BCUT2D eigenvalue weighted by molar-refractivity contribution is 5.94. The second-order valence-corrected chi connectivity index (χ2v) is 8.81. The molecule has 6 nitrogen and oxygen atoms in total. The van der Waals surface area contributed by atoms with Crippen molar-refractivity contribution in [2.45, 2.75) is 0 Å². The first-order valence-corrected chi connectivity index (χ1v) is 12.0. The summed E-state index contributed by atoms with van der Waals surface area (Å²) in [5.41, 5.74) is 5.67. The maximum absolute atomic E-state index is 13.4. The Balaban J connectivity index is 1.31. The fraction of sp³-hybridized carbons (Fsp3) is 0.138. The minimum Gasteiger partial charge on any atom is -0.368 e. The fourth-order valence-electron chi connectivity index (χ4n) is 4.63. The van der Waals surface area contributed by atoms with E-state index in [0.717, 1.165) is 28.2 Å². The van der Waals surface area contributed by atoms with Crippen LogP contribution in [0.1, 0.15) is 10.5 Å². The monoisotopic (exact) mass is 477 g/mol. The Morgan fingerprint density at radius 1 is 0.750 bits per heavy atom. The molecule has 6 rings (SSSR count). The molecule has 1 aliphatic rings. The highest BCUT2D eigenvalue weighted by Crippen LogP contribution is 2.27. The van der Waals surface area contributed by atoms with Gasteiger partial charge in [-0.05, 0) is 30.3 Å². The summed E-state index contributed by atoms with van der Waals surface area (Å²) in [6.45, 7) is 2.49. The number of anilines is 1. The predicted molar refractivity (Wildman–Crippen MR) is 138 cm³/mol. The summed E-state index contributed by atoms with van der Waals surface area (Å²) in [7, 11) is 0. The molecule has 1 saturated heterocycles. The molecule has 0 spiro atoms. The lowest BCUT2D eigenvalue weighted by molar-refractivity contribution is 0.0740. The van der Waals surface area contributed by atoms with Crippen LogP contribution < -0.4 is 4.90 Å². The van der Waals surface area contributed by atoms with Gasteiger partial charge in [0.1, 0.15) is 5.82 Å². The summed E-state index contributed by atoms with van der Waals surface area (Å²) in [6.07, 6.45) is 0. The molecule has 178 valence electrons. The van der Waals surface area contributed by atoms with Gasteiger partial charge in [-0.25, -0.2) is 13.9 Å². The van der Waals surface area contributed by atoms with Crippen LogP contribution in [-0.2, 0) is 0 Å². The van der Waals surface area contributed by atoms with Crippen LogP contribution in [0.3, 0.4) is 0 Å². The van der Waals surface area contributed by atoms with E-state index < -0.39 is 0 Å². The molecule has 3 aromatic carbocycles. The molecule has 2 aromatic heterocycles. The molecule has 1 amide bonds. The second kappa shape index (κ2) is 9.26. The topological polar surface area (TPSA) is 53.7 Å². The Bertz CT molecular complexity index is 1510. The van der Waals surface area contributed by atoms with Crippen LogP contribution in [0.5, 0.6) is 0 Å². The largest absolute Gasteiger partial charge is 0.368 e. The molecule has 3 heterocycles. The van der Waals surface area contributed by atoms with E-state index in [4.69, 9.17) is 10.1 Å². The van der Waals surface area contributed by atoms with Crippen molar-refractivity contribution in [2.75, 3.05) is 31.1 Å². The standard InChI is InChI=1S/C29H24FN5O/c30-23-11-13-24(14-12-23)33-15-17-34(18-16-33)29(36)26-20-28-31-25(21-7-3-1-4-8-21)19-27(35(28)32-26)22-9-5-2-6-10-22/h1-14,19-20H,15-18H2. The average Bonchev–Trinajstić information content (AvgIpc) is 3.38. The number of carbonyl (C=O) groups excluding carboxylic acids is 1. The number of nitrogens with zero attached hydrogens (tertiary/aromatic N) is 5. The van der Waals surface area contributed by atoms with Crippen LogP contribution in [0, 0.1) is 5.82 Å². The van der Waals surface area contributed by atoms with Crippen molar-refractivity contribution in [1.29, 1.82) is 0 Å². The molecule has 5 aromatic rings. The van der Waals surface area contributed by atoms with Crippen LogP contribution >= 0.6 is 0 Å². The number of piperazine rings is 1. The van der Waals surface area contributed by atoms with Crippen LogP contribution in [0.4, 0.5) is 10.1 Å². The number of aromatic nitrogens is 3. The lowest BCUT2D eigenvalue weighted by atomic mass is 10.1. The van der Waals surface area contributed by atoms with E-state index in [-0.39, 0.29) is 11.7 Å². The minimum absolute atomic E-state index is 0.112. The van der Waals surface area contributed by atoms with Gasteiger partial charge in [-0.2, -0.15) is 5.10 Å². The van der Waals surface area contributed by atoms with E-state index in [1.807, 2.05) is 71.6 Å². The van der Waals surface area contributed by atoms with E-state index in [9.17, 15) is 9.18 Å². The predicted octanol–water partition coefficient (Wildman–Crippen LogP) is 5.16. The first-order valence-electron chi connectivity index (χ1n) is 12.0. The fourth-order valence-corrected chi connectivity index (χ4v) is 4.63. The molecule has 0 N–H and O–H groups in total. The lowest BCUT2D eigenvalue weighted by Crippen LogP contribution is -2.48. The van der Waals surface area contributed by atoms with E-state index in [1.165, 1.54) is 12.1 Å². The second-order valence-electron chi connectivity index (χ2n) is 8.81. The Hall–Kier alpha value is -4.52. The van der Waals surface area contributed by atoms with Gasteiger partial charge in [-0.3, -0.25) is 4.79 Å². The van der Waals surface area contributed by atoms with Gasteiger partial charge in [0.25, 0.3) is 5.91 Å². The molecule has 0 bridgehead atoms. The van der Waals surface area contributed by atoms with Crippen molar-refractivity contribution >= 4 is 17.2 Å². The number of rotatable bonds is 4. The molecule has 0 radical (unpaired) electrons. The first kappa shape index (κ1) is 22.0. The normalized spacial score (nSPS) is 13.8. The highest BCUT2D eigenvalue weighted by atomic mass is 19.1. The zero-order valence-electron chi connectivity index (χ0n) is 19.6. The number of fused-ring (bicyclic) bond motifs is 1. The summed E-state index contributed by atoms with van der Waals surface area (Å²) in [4.78, 5) is 22.2. The van der Waals surface area contributed by atoms with Gasteiger partial charge in [0, 0.05) is 49.1 Å². The molecular weight excluding hydrogens is 453 g/mol. The van der Waals surface area contributed by atoms with Crippen molar-refractivity contribution in [3.05, 3.63) is 109 Å². The third kappa shape index (κ3) is 4.20. The summed E-state index contributed by atoms with van der Waals surface area (Å²) >= 11 is 0.